The van der Waals surface area contributed by atoms with Gasteiger partial charge < -0.3 is 10.4 Å². The van der Waals surface area contributed by atoms with Crippen LogP contribution in [0.25, 0.3) is 0 Å². The van der Waals surface area contributed by atoms with E-state index >= 15 is 0 Å². The first kappa shape index (κ1) is 15.4. The van der Waals surface area contributed by atoms with Crippen LogP contribution in [-0.4, -0.2) is 16.8 Å². The van der Waals surface area contributed by atoms with Crippen molar-refractivity contribution >= 4 is 23.4 Å². The number of thioether (sulfide) groups is 1. The van der Waals surface area contributed by atoms with Gasteiger partial charge >= 0.3 is 0 Å². The predicted molar refractivity (Wildman–Crippen MR) is 88.1 cm³/mol. The second kappa shape index (κ2) is 6.68. The Morgan fingerprint density at radius 1 is 1.10 bits per heavy atom. The topological polar surface area (TPSA) is 49.3 Å². The van der Waals surface area contributed by atoms with Gasteiger partial charge in [-0.3, -0.25) is 4.79 Å². The van der Waals surface area contributed by atoms with Crippen molar-refractivity contribution in [1.82, 2.24) is 0 Å². The Hall–Kier alpha value is -1.94. The summed E-state index contributed by atoms with van der Waals surface area (Å²) in [4.78, 5) is 13.1. The van der Waals surface area contributed by atoms with Crippen LogP contribution >= 0.6 is 11.8 Å². The Morgan fingerprint density at radius 2 is 1.76 bits per heavy atom. The fraction of sp³-hybridized carbons (Fsp3) is 0.235. The zero-order chi connectivity index (χ0) is 15.4. The molecule has 0 unspecified atom stereocenters. The van der Waals surface area contributed by atoms with Gasteiger partial charge in [-0.05, 0) is 50.1 Å². The van der Waals surface area contributed by atoms with Crippen LogP contribution in [0.4, 0.5) is 5.69 Å². The van der Waals surface area contributed by atoms with Gasteiger partial charge in [-0.1, -0.05) is 23.8 Å². The van der Waals surface area contributed by atoms with Crippen LogP contribution < -0.4 is 5.32 Å². The molecule has 0 aliphatic rings. The number of hydrogen-bond donors (Lipinski definition) is 2. The lowest BCUT2D eigenvalue weighted by atomic mass is 10.2. The van der Waals surface area contributed by atoms with Crippen molar-refractivity contribution in [2.75, 3.05) is 11.1 Å². The number of carbonyl (C=O) groups excluding carboxylic acids is 1. The lowest BCUT2D eigenvalue weighted by Gasteiger charge is -2.09. The first-order chi connectivity index (χ1) is 9.95. The van der Waals surface area contributed by atoms with Crippen LogP contribution in [0.15, 0.2) is 41.3 Å². The molecular weight excluding hydrogens is 282 g/mol. The Balaban J connectivity index is 1.96. The summed E-state index contributed by atoms with van der Waals surface area (Å²) in [6.07, 6.45) is 0. The monoisotopic (exact) mass is 301 g/mol. The highest BCUT2D eigenvalue weighted by atomic mass is 32.2. The third kappa shape index (κ3) is 4.26. The highest BCUT2D eigenvalue weighted by molar-refractivity contribution is 8.00. The molecule has 21 heavy (non-hydrogen) atoms. The van der Waals surface area contributed by atoms with E-state index in [1.807, 2.05) is 39.0 Å². The summed E-state index contributed by atoms with van der Waals surface area (Å²) in [5.41, 5.74) is 3.79. The van der Waals surface area contributed by atoms with Crippen molar-refractivity contribution in [3.63, 3.8) is 0 Å². The first-order valence-electron chi connectivity index (χ1n) is 6.75. The molecule has 0 bridgehead atoms. The van der Waals surface area contributed by atoms with Gasteiger partial charge in [0.15, 0.2) is 0 Å². The Labute approximate surface area is 129 Å². The minimum Gasteiger partial charge on any atom is -0.506 e. The summed E-state index contributed by atoms with van der Waals surface area (Å²) in [7, 11) is 0. The fourth-order valence-electron chi connectivity index (χ4n) is 2.04. The number of anilines is 1. The molecule has 0 radical (unpaired) electrons. The number of phenols is 1. The van der Waals surface area contributed by atoms with E-state index in [1.54, 1.807) is 12.1 Å². The number of nitrogens with one attached hydrogen (secondary N) is 1. The molecule has 2 N–H and O–H groups in total. The van der Waals surface area contributed by atoms with E-state index in [4.69, 9.17) is 0 Å². The summed E-state index contributed by atoms with van der Waals surface area (Å²) in [5, 5.41) is 12.5. The van der Waals surface area contributed by atoms with Crippen molar-refractivity contribution in [3.05, 3.63) is 53.1 Å². The molecule has 1 amide bonds. The summed E-state index contributed by atoms with van der Waals surface area (Å²) in [6.45, 7) is 5.98. The molecule has 0 heterocycles. The van der Waals surface area contributed by atoms with Crippen LogP contribution in [-0.2, 0) is 4.79 Å². The van der Waals surface area contributed by atoms with Crippen molar-refractivity contribution in [1.29, 1.82) is 0 Å². The zero-order valence-corrected chi connectivity index (χ0v) is 13.3. The van der Waals surface area contributed by atoms with Crippen LogP contribution in [0, 0.1) is 20.8 Å². The lowest BCUT2D eigenvalue weighted by Crippen LogP contribution is -2.14. The molecule has 0 spiro atoms. The normalized spacial score (nSPS) is 10.4. The molecule has 2 aromatic rings. The maximum Gasteiger partial charge on any atom is 0.234 e. The maximum absolute atomic E-state index is 12.0. The number of carbonyl (C=O) groups is 1. The zero-order valence-electron chi connectivity index (χ0n) is 12.4. The molecule has 0 aromatic heterocycles. The molecule has 110 valence electrons. The van der Waals surface area contributed by atoms with Gasteiger partial charge in [0.2, 0.25) is 5.91 Å². The van der Waals surface area contributed by atoms with E-state index in [9.17, 15) is 9.90 Å². The smallest absolute Gasteiger partial charge is 0.234 e. The number of hydrogen-bond acceptors (Lipinski definition) is 3. The molecule has 2 aromatic carbocycles. The van der Waals surface area contributed by atoms with Gasteiger partial charge in [-0.2, -0.15) is 0 Å². The summed E-state index contributed by atoms with van der Waals surface area (Å²) in [6, 6.07) is 11.4. The minimum atomic E-state index is -0.126. The number of benzene rings is 2. The third-order valence-electron chi connectivity index (χ3n) is 3.12. The van der Waals surface area contributed by atoms with Gasteiger partial charge in [0.1, 0.15) is 5.75 Å². The highest BCUT2D eigenvalue weighted by Crippen LogP contribution is 2.26. The number of aryl methyl sites for hydroxylation is 3. The molecule has 0 aliphatic heterocycles. The molecule has 0 saturated heterocycles. The first-order valence-corrected chi connectivity index (χ1v) is 7.74. The van der Waals surface area contributed by atoms with Crippen LogP contribution in [0.2, 0.25) is 0 Å². The lowest BCUT2D eigenvalue weighted by molar-refractivity contribution is -0.113. The largest absolute Gasteiger partial charge is 0.506 e. The highest BCUT2D eigenvalue weighted by Gasteiger charge is 2.08. The predicted octanol–water partition coefficient (Wildman–Crippen LogP) is 4.05. The summed E-state index contributed by atoms with van der Waals surface area (Å²) in [5.74, 6) is 0.288. The van der Waals surface area contributed by atoms with E-state index in [1.165, 1.54) is 22.9 Å². The van der Waals surface area contributed by atoms with E-state index in [0.717, 1.165) is 10.5 Å². The van der Waals surface area contributed by atoms with Crippen molar-refractivity contribution in [3.8, 4) is 5.75 Å². The Morgan fingerprint density at radius 3 is 2.43 bits per heavy atom. The van der Waals surface area contributed by atoms with Crippen LogP contribution in [0.3, 0.4) is 0 Å². The summed E-state index contributed by atoms with van der Waals surface area (Å²) < 4.78 is 0. The van der Waals surface area contributed by atoms with E-state index < -0.39 is 0 Å². The molecule has 4 heteroatoms. The van der Waals surface area contributed by atoms with Crippen molar-refractivity contribution in [2.45, 2.75) is 25.7 Å². The van der Waals surface area contributed by atoms with Crippen molar-refractivity contribution in [2.24, 2.45) is 0 Å². The van der Waals surface area contributed by atoms with Crippen molar-refractivity contribution < 1.29 is 9.90 Å². The second-order valence-electron chi connectivity index (χ2n) is 5.13. The number of aromatic hydroxyl groups is 1. The van der Waals surface area contributed by atoms with Gasteiger partial charge in [0.05, 0.1) is 11.4 Å². The van der Waals surface area contributed by atoms with Gasteiger partial charge in [-0.15, -0.1) is 11.8 Å². The third-order valence-corrected chi connectivity index (χ3v) is 4.29. The fourth-order valence-corrected chi connectivity index (χ4v) is 2.85. The molecule has 0 atom stereocenters. The van der Waals surface area contributed by atoms with Gasteiger partial charge in [0, 0.05) is 4.90 Å². The summed E-state index contributed by atoms with van der Waals surface area (Å²) >= 11 is 1.50. The minimum absolute atomic E-state index is 0.0971. The maximum atomic E-state index is 12.0. The van der Waals surface area contributed by atoms with Gasteiger partial charge in [0.25, 0.3) is 0 Å². The van der Waals surface area contributed by atoms with E-state index in [0.29, 0.717) is 11.4 Å². The van der Waals surface area contributed by atoms with Gasteiger partial charge in [-0.25, -0.2) is 0 Å². The number of phenolic OH excluding ortho intramolecular Hbond substituents is 1. The quantitative estimate of drug-likeness (QED) is 0.661. The molecular formula is C17H19NO2S. The standard InChI is InChI=1S/C17H19NO2S/c1-11-5-7-16(13(3)8-11)21-10-17(20)18-14-6-4-12(2)9-15(14)19/h4-9,19H,10H2,1-3H3,(H,18,20). The van der Waals surface area contributed by atoms with E-state index in [2.05, 4.69) is 11.4 Å². The number of amides is 1. The second-order valence-corrected chi connectivity index (χ2v) is 6.14. The molecule has 0 aliphatic carbocycles. The molecule has 3 nitrogen and oxygen atoms in total. The Bertz CT molecular complexity index is 668. The SMILES string of the molecule is Cc1ccc(SCC(=O)Nc2ccc(C)cc2O)c(C)c1. The van der Waals surface area contributed by atoms with Crippen LogP contribution in [0.5, 0.6) is 5.75 Å². The van der Waals surface area contributed by atoms with E-state index in [-0.39, 0.29) is 11.7 Å². The average molecular weight is 301 g/mol. The number of rotatable bonds is 4. The Kier molecular flexibility index (Phi) is 4.91. The molecule has 0 fully saturated rings. The average Bonchev–Trinajstić information content (AvgIpc) is 2.41. The van der Waals surface area contributed by atoms with Crippen LogP contribution in [0.1, 0.15) is 16.7 Å². The molecule has 0 saturated carbocycles. The molecule has 2 rings (SSSR count).